The number of pyridine rings is 1. The zero-order valence-corrected chi connectivity index (χ0v) is 10.0. The molecule has 2 aromatic rings. The predicted molar refractivity (Wildman–Crippen MR) is 61.4 cm³/mol. The molecule has 0 aromatic carbocycles. The van der Waals surface area contributed by atoms with Gasteiger partial charge in [-0.1, -0.05) is 0 Å². The van der Waals surface area contributed by atoms with Crippen LogP contribution < -0.4 is 0 Å². The van der Waals surface area contributed by atoms with Gasteiger partial charge in [0.15, 0.2) is 0 Å². The summed E-state index contributed by atoms with van der Waals surface area (Å²) in [6, 6.07) is 3.35. The Morgan fingerprint density at radius 3 is 3.06 bits per heavy atom. The SMILES string of the molecule is O=C(O)c1ccnc(Sc2nnnn2C2CC2)c1. The first-order valence-corrected chi connectivity index (χ1v) is 6.21. The van der Waals surface area contributed by atoms with Gasteiger partial charge in [-0.25, -0.2) is 14.5 Å². The van der Waals surface area contributed by atoms with E-state index in [0.29, 0.717) is 16.2 Å². The molecule has 0 spiro atoms. The predicted octanol–water partition coefficient (Wildman–Crippen LogP) is 1.25. The van der Waals surface area contributed by atoms with Crippen molar-refractivity contribution in [1.82, 2.24) is 25.2 Å². The number of aromatic carboxylic acids is 1. The van der Waals surface area contributed by atoms with Gasteiger partial charge >= 0.3 is 5.97 Å². The number of aromatic nitrogens is 5. The molecule has 1 fully saturated rings. The fraction of sp³-hybridized carbons (Fsp3) is 0.300. The Bertz CT molecular complexity index is 595. The van der Waals surface area contributed by atoms with Crippen LogP contribution in [0.3, 0.4) is 0 Å². The van der Waals surface area contributed by atoms with E-state index in [1.165, 1.54) is 30.1 Å². The molecule has 92 valence electrons. The van der Waals surface area contributed by atoms with Crippen molar-refractivity contribution in [3.8, 4) is 0 Å². The monoisotopic (exact) mass is 263 g/mol. The van der Waals surface area contributed by atoms with Crippen LogP contribution in [0.2, 0.25) is 0 Å². The highest BCUT2D eigenvalue weighted by atomic mass is 32.2. The lowest BCUT2D eigenvalue weighted by Crippen LogP contribution is -2.00. The Hall–Kier alpha value is -1.96. The van der Waals surface area contributed by atoms with Crippen molar-refractivity contribution in [2.24, 2.45) is 0 Å². The van der Waals surface area contributed by atoms with E-state index in [2.05, 4.69) is 20.5 Å². The number of tetrazole rings is 1. The largest absolute Gasteiger partial charge is 0.478 e. The highest BCUT2D eigenvalue weighted by molar-refractivity contribution is 7.99. The number of carboxylic acid groups (broad SMARTS) is 1. The van der Waals surface area contributed by atoms with E-state index in [4.69, 9.17) is 5.11 Å². The summed E-state index contributed by atoms with van der Waals surface area (Å²) in [5, 5.41) is 21.6. The summed E-state index contributed by atoms with van der Waals surface area (Å²) >= 11 is 1.27. The highest BCUT2D eigenvalue weighted by Gasteiger charge is 2.28. The third kappa shape index (κ3) is 2.19. The van der Waals surface area contributed by atoms with Gasteiger partial charge in [-0.2, -0.15) is 0 Å². The van der Waals surface area contributed by atoms with Gasteiger partial charge in [0.2, 0.25) is 5.16 Å². The van der Waals surface area contributed by atoms with Crippen LogP contribution in [0.15, 0.2) is 28.5 Å². The van der Waals surface area contributed by atoms with Gasteiger partial charge in [0.1, 0.15) is 5.03 Å². The molecular weight excluding hydrogens is 254 g/mol. The molecule has 1 aliphatic carbocycles. The quantitative estimate of drug-likeness (QED) is 0.887. The smallest absolute Gasteiger partial charge is 0.335 e. The van der Waals surface area contributed by atoms with Gasteiger partial charge in [0.25, 0.3) is 0 Å². The lowest BCUT2D eigenvalue weighted by molar-refractivity contribution is 0.0696. The minimum absolute atomic E-state index is 0.206. The van der Waals surface area contributed by atoms with Crippen LogP contribution >= 0.6 is 11.8 Å². The molecule has 1 N–H and O–H groups in total. The van der Waals surface area contributed by atoms with Crippen LogP contribution in [-0.4, -0.2) is 36.3 Å². The maximum atomic E-state index is 10.9. The molecule has 2 aromatic heterocycles. The van der Waals surface area contributed by atoms with E-state index in [1.807, 2.05) is 0 Å². The molecule has 8 heteroatoms. The van der Waals surface area contributed by atoms with Crippen LogP contribution in [0.25, 0.3) is 0 Å². The molecule has 18 heavy (non-hydrogen) atoms. The summed E-state index contributed by atoms with van der Waals surface area (Å²) in [6.07, 6.45) is 3.64. The van der Waals surface area contributed by atoms with Gasteiger partial charge in [0.05, 0.1) is 11.6 Å². The Morgan fingerprint density at radius 2 is 2.33 bits per heavy atom. The molecule has 0 unspecified atom stereocenters. The molecule has 7 nitrogen and oxygen atoms in total. The van der Waals surface area contributed by atoms with Crippen molar-refractivity contribution in [1.29, 1.82) is 0 Å². The van der Waals surface area contributed by atoms with Crippen molar-refractivity contribution in [2.45, 2.75) is 29.1 Å². The minimum Gasteiger partial charge on any atom is -0.478 e. The van der Waals surface area contributed by atoms with Crippen molar-refractivity contribution in [3.63, 3.8) is 0 Å². The minimum atomic E-state index is -0.971. The van der Waals surface area contributed by atoms with Gasteiger partial charge < -0.3 is 5.11 Å². The number of carboxylic acids is 1. The first-order valence-electron chi connectivity index (χ1n) is 5.39. The Balaban J connectivity index is 1.85. The zero-order chi connectivity index (χ0) is 12.5. The number of nitrogens with zero attached hydrogens (tertiary/aromatic N) is 5. The summed E-state index contributed by atoms with van der Waals surface area (Å²) in [4.78, 5) is 15.0. The van der Waals surface area contributed by atoms with Crippen molar-refractivity contribution < 1.29 is 9.90 Å². The maximum absolute atomic E-state index is 10.9. The first-order chi connectivity index (χ1) is 8.74. The molecule has 3 rings (SSSR count). The van der Waals surface area contributed by atoms with Crippen LogP contribution in [0.5, 0.6) is 0 Å². The number of hydrogen-bond donors (Lipinski definition) is 1. The summed E-state index contributed by atoms with van der Waals surface area (Å²) in [5.74, 6) is -0.971. The summed E-state index contributed by atoms with van der Waals surface area (Å²) in [6.45, 7) is 0. The molecule has 0 aliphatic heterocycles. The Kier molecular flexibility index (Phi) is 2.71. The maximum Gasteiger partial charge on any atom is 0.335 e. The van der Waals surface area contributed by atoms with E-state index >= 15 is 0 Å². The number of rotatable bonds is 4. The highest BCUT2D eigenvalue weighted by Crippen LogP contribution is 2.37. The Morgan fingerprint density at radius 1 is 1.50 bits per heavy atom. The van der Waals surface area contributed by atoms with Crippen molar-refractivity contribution in [3.05, 3.63) is 23.9 Å². The van der Waals surface area contributed by atoms with Gasteiger partial charge in [-0.3, -0.25) is 0 Å². The molecule has 0 amide bonds. The Labute approximate surface area is 106 Å². The van der Waals surface area contributed by atoms with E-state index in [9.17, 15) is 4.79 Å². The van der Waals surface area contributed by atoms with E-state index in [1.54, 1.807) is 4.68 Å². The average Bonchev–Trinajstić information content (AvgIpc) is 3.11. The third-order valence-electron chi connectivity index (χ3n) is 2.53. The van der Waals surface area contributed by atoms with Gasteiger partial charge in [-0.05, 0) is 47.2 Å². The molecule has 0 saturated heterocycles. The molecule has 0 bridgehead atoms. The van der Waals surface area contributed by atoms with Crippen LogP contribution in [0.1, 0.15) is 29.2 Å². The summed E-state index contributed by atoms with van der Waals surface area (Å²) in [5.41, 5.74) is 0.206. The van der Waals surface area contributed by atoms with Crippen LogP contribution in [-0.2, 0) is 0 Å². The standard InChI is InChI=1S/C10H9N5O2S/c16-9(17)6-3-4-11-8(5-6)18-10-12-13-14-15(10)7-1-2-7/h3-5,7H,1-2H2,(H,16,17). The molecular formula is C10H9N5O2S. The van der Waals surface area contributed by atoms with Gasteiger partial charge in [-0.15, -0.1) is 5.10 Å². The third-order valence-corrected chi connectivity index (χ3v) is 3.42. The molecule has 1 saturated carbocycles. The second-order valence-corrected chi connectivity index (χ2v) is 4.91. The van der Waals surface area contributed by atoms with E-state index < -0.39 is 5.97 Å². The van der Waals surface area contributed by atoms with E-state index in [0.717, 1.165) is 12.8 Å². The molecule has 2 heterocycles. The molecule has 1 aliphatic rings. The number of carbonyl (C=O) groups is 1. The van der Waals surface area contributed by atoms with Crippen molar-refractivity contribution >= 4 is 17.7 Å². The summed E-state index contributed by atoms with van der Waals surface area (Å²) in [7, 11) is 0. The van der Waals surface area contributed by atoms with Crippen LogP contribution in [0.4, 0.5) is 0 Å². The van der Waals surface area contributed by atoms with Crippen LogP contribution in [0, 0.1) is 0 Å². The molecule has 0 radical (unpaired) electrons. The van der Waals surface area contributed by atoms with E-state index in [-0.39, 0.29) is 5.56 Å². The normalized spacial score (nSPS) is 14.7. The first kappa shape index (κ1) is 11.1. The second kappa shape index (κ2) is 4.37. The fourth-order valence-electron chi connectivity index (χ4n) is 1.49. The summed E-state index contributed by atoms with van der Waals surface area (Å²) < 4.78 is 1.76. The number of hydrogen-bond acceptors (Lipinski definition) is 6. The fourth-order valence-corrected chi connectivity index (χ4v) is 2.34. The topological polar surface area (TPSA) is 93.8 Å². The lowest BCUT2D eigenvalue weighted by atomic mass is 10.3. The molecule has 0 atom stereocenters. The zero-order valence-electron chi connectivity index (χ0n) is 9.22. The second-order valence-electron chi connectivity index (χ2n) is 3.93. The average molecular weight is 263 g/mol. The van der Waals surface area contributed by atoms with Crippen molar-refractivity contribution in [2.75, 3.05) is 0 Å². The lowest BCUT2D eigenvalue weighted by Gasteiger charge is -2.02. The van der Waals surface area contributed by atoms with Gasteiger partial charge in [0, 0.05) is 6.20 Å².